The third kappa shape index (κ3) is 2.86. The summed E-state index contributed by atoms with van der Waals surface area (Å²) in [5.41, 5.74) is 3.26. The predicted molar refractivity (Wildman–Crippen MR) is 98.7 cm³/mol. The number of amides is 1. The fourth-order valence-electron chi connectivity index (χ4n) is 4.30. The number of hydrogen-bond donors (Lipinski definition) is 1. The fraction of sp³-hybridized carbons (Fsp3) is 0.600. The van der Waals surface area contributed by atoms with Gasteiger partial charge in [0, 0.05) is 43.7 Å². The van der Waals surface area contributed by atoms with Crippen molar-refractivity contribution in [2.24, 2.45) is 13.0 Å². The molecule has 4 atom stereocenters. The van der Waals surface area contributed by atoms with Crippen LogP contribution in [0.1, 0.15) is 60.2 Å². The highest BCUT2D eigenvalue weighted by atomic mass is 16.3. The number of likely N-dealkylation sites (N-methyl/N-ethyl adjacent to an activating group) is 1. The third-order valence-corrected chi connectivity index (χ3v) is 6.14. The van der Waals surface area contributed by atoms with E-state index in [0.717, 1.165) is 34.4 Å². The van der Waals surface area contributed by atoms with Gasteiger partial charge in [0.15, 0.2) is 0 Å². The van der Waals surface area contributed by atoms with Gasteiger partial charge in [-0.3, -0.25) is 9.48 Å². The van der Waals surface area contributed by atoms with Crippen molar-refractivity contribution in [3.63, 3.8) is 0 Å². The zero-order valence-corrected chi connectivity index (χ0v) is 16.2. The Morgan fingerprint density at radius 3 is 2.65 bits per heavy atom. The van der Waals surface area contributed by atoms with E-state index in [4.69, 9.17) is 4.42 Å². The van der Waals surface area contributed by atoms with Gasteiger partial charge in [0.1, 0.15) is 11.5 Å². The summed E-state index contributed by atoms with van der Waals surface area (Å²) in [4.78, 5) is 14.2. The van der Waals surface area contributed by atoms with Crippen molar-refractivity contribution >= 4 is 5.91 Å². The maximum absolute atomic E-state index is 12.4. The first kappa shape index (κ1) is 17.3. The number of aryl methyl sites for hydroxylation is 2. The van der Waals surface area contributed by atoms with Crippen molar-refractivity contribution in [1.82, 2.24) is 20.0 Å². The van der Waals surface area contributed by atoms with Crippen molar-refractivity contribution in [2.75, 3.05) is 7.05 Å². The molecule has 4 rings (SSSR count). The lowest BCUT2D eigenvalue weighted by atomic mass is 9.98. The van der Waals surface area contributed by atoms with Gasteiger partial charge in [-0.25, -0.2) is 0 Å². The molecule has 1 saturated heterocycles. The Balaban J connectivity index is 1.51. The standard InChI is InChI=1S/C20H28N4O2/c1-11-8-15(11)17-7-6-14(26-17)10-21-16-9-18(25)23(4)20(16)19-12(2)22-24(5)13(19)3/h6-7,11,15-16,20-21H,8-10H2,1-5H3/t11-,15+,16-,20-/m1/s1. The third-order valence-electron chi connectivity index (χ3n) is 6.14. The Morgan fingerprint density at radius 1 is 1.31 bits per heavy atom. The molecule has 1 saturated carbocycles. The summed E-state index contributed by atoms with van der Waals surface area (Å²) in [5, 5.41) is 8.10. The number of nitrogens with one attached hydrogen (secondary N) is 1. The van der Waals surface area contributed by atoms with Crippen molar-refractivity contribution in [1.29, 1.82) is 0 Å². The van der Waals surface area contributed by atoms with Gasteiger partial charge in [0.25, 0.3) is 0 Å². The second-order valence-corrected chi connectivity index (χ2v) is 7.97. The van der Waals surface area contributed by atoms with Gasteiger partial charge in [-0.05, 0) is 38.3 Å². The fourth-order valence-corrected chi connectivity index (χ4v) is 4.30. The molecule has 2 aromatic rings. The van der Waals surface area contributed by atoms with Crippen LogP contribution < -0.4 is 5.32 Å². The number of likely N-dealkylation sites (tertiary alicyclic amines) is 1. The molecular weight excluding hydrogens is 328 g/mol. The van der Waals surface area contributed by atoms with Crippen LogP contribution in [0.25, 0.3) is 0 Å². The minimum atomic E-state index is 0.00841. The lowest BCUT2D eigenvalue weighted by molar-refractivity contribution is -0.127. The average Bonchev–Trinajstić information content (AvgIpc) is 2.92. The molecule has 2 fully saturated rings. The summed E-state index contributed by atoms with van der Waals surface area (Å²) >= 11 is 0. The number of carbonyl (C=O) groups excluding carboxylic acids is 1. The van der Waals surface area contributed by atoms with Crippen LogP contribution in [0.15, 0.2) is 16.5 Å². The Kier molecular flexibility index (Phi) is 4.18. The van der Waals surface area contributed by atoms with E-state index < -0.39 is 0 Å². The van der Waals surface area contributed by atoms with E-state index in [0.29, 0.717) is 18.9 Å². The van der Waals surface area contributed by atoms with Crippen LogP contribution in [-0.4, -0.2) is 33.7 Å². The summed E-state index contributed by atoms with van der Waals surface area (Å²) in [5.74, 6) is 3.55. The second-order valence-electron chi connectivity index (χ2n) is 7.97. The highest BCUT2D eigenvalue weighted by Gasteiger charge is 2.41. The zero-order chi connectivity index (χ0) is 18.6. The van der Waals surface area contributed by atoms with Gasteiger partial charge >= 0.3 is 0 Å². The van der Waals surface area contributed by atoms with E-state index in [-0.39, 0.29) is 18.0 Å². The molecule has 1 N–H and O–H groups in total. The lowest BCUT2D eigenvalue weighted by Gasteiger charge is -2.26. The molecular formula is C20H28N4O2. The SMILES string of the molecule is Cc1nn(C)c(C)c1[C@H]1[C@H](NCc2ccc([C@H]3C[C@H]3C)o2)CC(=O)N1C. The van der Waals surface area contributed by atoms with Gasteiger partial charge in [0.2, 0.25) is 5.91 Å². The van der Waals surface area contributed by atoms with Crippen LogP contribution in [-0.2, 0) is 18.4 Å². The molecule has 1 amide bonds. The Labute approximate surface area is 154 Å². The van der Waals surface area contributed by atoms with E-state index in [1.54, 1.807) is 0 Å². The number of nitrogens with zero attached hydrogens (tertiary/aromatic N) is 3. The quantitative estimate of drug-likeness (QED) is 0.895. The highest BCUT2D eigenvalue weighted by molar-refractivity contribution is 5.80. The van der Waals surface area contributed by atoms with E-state index >= 15 is 0 Å². The van der Waals surface area contributed by atoms with Crippen LogP contribution in [0.2, 0.25) is 0 Å². The molecule has 0 bridgehead atoms. The smallest absolute Gasteiger partial charge is 0.224 e. The van der Waals surface area contributed by atoms with Crippen LogP contribution in [0, 0.1) is 19.8 Å². The Bertz CT molecular complexity index is 837. The molecule has 0 spiro atoms. The molecule has 1 aliphatic heterocycles. The van der Waals surface area contributed by atoms with Crippen LogP contribution in [0.3, 0.4) is 0 Å². The molecule has 26 heavy (non-hydrogen) atoms. The summed E-state index contributed by atoms with van der Waals surface area (Å²) in [6.07, 6.45) is 1.73. The molecule has 0 radical (unpaired) electrons. The molecule has 0 aromatic carbocycles. The number of carbonyl (C=O) groups is 1. The van der Waals surface area contributed by atoms with E-state index in [9.17, 15) is 4.79 Å². The zero-order valence-electron chi connectivity index (χ0n) is 16.2. The Morgan fingerprint density at radius 2 is 2.04 bits per heavy atom. The monoisotopic (exact) mass is 356 g/mol. The van der Waals surface area contributed by atoms with Crippen molar-refractivity contribution in [3.05, 3.63) is 40.6 Å². The molecule has 2 aromatic heterocycles. The van der Waals surface area contributed by atoms with Crippen LogP contribution >= 0.6 is 0 Å². The van der Waals surface area contributed by atoms with E-state index in [1.807, 2.05) is 30.6 Å². The maximum Gasteiger partial charge on any atom is 0.224 e. The minimum absolute atomic E-state index is 0.00841. The predicted octanol–water partition coefficient (Wildman–Crippen LogP) is 2.81. The first-order valence-electron chi connectivity index (χ1n) is 9.44. The molecule has 6 heteroatoms. The molecule has 6 nitrogen and oxygen atoms in total. The first-order valence-corrected chi connectivity index (χ1v) is 9.44. The second kappa shape index (κ2) is 6.27. The minimum Gasteiger partial charge on any atom is -0.464 e. The van der Waals surface area contributed by atoms with Crippen molar-refractivity contribution in [3.8, 4) is 0 Å². The normalized spacial score (nSPS) is 28.2. The molecule has 140 valence electrons. The summed E-state index contributed by atoms with van der Waals surface area (Å²) in [7, 11) is 3.84. The van der Waals surface area contributed by atoms with Crippen molar-refractivity contribution in [2.45, 2.75) is 58.2 Å². The van der Waals surface area contributed by atoms with Crippen LogP contribution in [0.4, 0.5) is 0 Å². The topological polar surface area (TPSA) is 63.3 Å². The van der Waals surface area contributed by atoms with E-state index in [2.05, 4.69) is 36.4 Å². The molecule has 3 heterocycles. The Hall–Kier alpha value is -2.08. The molecule has 0 unspecified atom stereocenters. The largest absolute Gasteiger partial charge is 0.464 e. The van der Waals surface area contributed by atoms with Gasteiger partial charge in [-0.1, -0.05) is 6.92 Å². The van der Waals surface area contributed by atoms with Gasteiger partial charge in [-0.15, -0.1) is 0 Å². The summed E-state index contributed by atoms with van der Waals surface area (Å²) in [6.45, 7) is 6.99. The lowest BCUT2D eigenvalue weighted by Crippen LogP contribution is -2.35. The van der Waals surface area contributed by atoms with Gasteiger partial charge in [-0.2, -0.15) is 5.10 Å². The van der Waals surface area contributed by atoms with Crippen LogP contribution in [0.5, 0.6) is 0 Å². The maximum atomic E-state index is 12.4. The highest BCUT2D eigenvalue weighted by Crippen LogP contribution is 2.47. The van der Waals surface area contributed by atoms with Gasteiger partial charge in [0.05, 0.1) is 18.3 Å². The first-order chi connectivity index (χ1) is 12.4. The van der Waals surface area contributed by atoms with E-state index in [1.165, 1.54) is 6.42 Å². The average molecular weight is 356 g/mol. The number of aromatic nitrogens is 2. The number of furan rings is 1. The number of hydrogen-bond acceptors (Lipinski definition) is 4. The number of rotatable bonds is 5. The molecule has 1 aliphatic carbocycles. The summed E-state index contributed by atoms with van der Waals surface area (Å²) < 4.78 is 7.90. The molecule has 2 aliphatic rings. The summed E-state index contributed by atoms with van der Waals surface area (Å²) in [6, 6.07) is 4.23. The van der Waals surface area contributed by atoms with Gasteiger partial charge < -0.3 is 14.6 Å². The van der Waals surface area contributed by atoms with Crippen molar-refractivity contribution < 1.29 is 9.21 Å².